The number of anilines is 1. The lowest BCUT2D eigenvalue weighted by Crippen LogP contribution is -2.29. The number of aromatic nitrogens is 4. The molecule has 1 unspecified atom stereocenters. The second-order valence-electron chi connectivity index (χ2n) is 9.12. The third-order valence-electron chi connectivity index (χ3n) is 6.60. The van der Waals surface area contributed by atoms with Crippen LogP contribution in [0.15, 0.2) is 88.9 Å². The summed E-state index contributed by atoms with van der Waals surface area (Å²) in [6, 6.07) is 19.5. The second-order valence-corrected chi connectivity index (χ2v) is 11.3. The van der Waals surface area contributed by atoms with E-state index in [0.29, 0.717) is 27.0 Å². The number of Topliss-reactive ketones (excluding diaryl/α,β-unsaturated/α-hetero) is 1. The largest absolute Gasteiger partial charge is 0.505 e. The maximum absolute atomic E-state index is 13.6. The van der Waals surface area contributed by atoms with Crippen molar-refractivity contribution >= 4 is 57.0 Å². The number of carbonyl (C=O) groups excluding carboxylic acids is 2. The van der Waals surface area contributed by atoms with Gasteiger partial charge in [0.25, 0.3) is 11.5 Å². The lowest BCUT2D eigenvalue weighted by atomic mass is 9.96. The number of aryl methyl sites for hydroxylation is 1. The van der Waals surface area contributed by atoms with Gasteiger partial charge in [0.05, 0.1) is 22.2 Å². The molecule has 5 aromatic rings. The van der Waals surface area contributed by atoms with Crippen molar-refractivity contribution in [2.45, 2.75) is 23.1 Å². The normalized spacial score (nSPS) is 16.5. The van der Waals surface area contributed by atoms with Crippen LogP contribution in [-0.2, 0) is 15.3 Å². The molecule has 0 aliphatic carbocycles. The van der Waals surface area contributed by atoms with Crippen LogP contribution in [0.4, 0.5) is 10.8 Å². The van der Waals surface area contributed by atoms with Gasteiger partial charge in [-0.3, -0.25) is 29.0 Å². The molecule has 1 saturated heterocycles. The standard InChI is InChI=1S/C28H20N6O5S2/c1-16-22(32-14-6-5-9-20(32)29-16)24(35)21-23(18-10-12-19(13-11-18)34(38)39)33(26(37)25(21)36)27-30-31-28(41-27)40-15-17-7-3-2-4-8-17/h2-14,23,35H,15H2,1H3. The number of hydrogen-bond donors (Lipinski definition) is 1. The molecule has 6 rings (SSSR count). The molecular formula is C28H20N6O5S2. The van der Waals surface area contributed by atoms with Gasteiger partial charge in [-0.1, -0.05) is 59.5 Å². The third-order valence-corrected chi connectivity index (χ3v) is 8.73. The average molecular weight is 585 g/mol. The number of nitrogens with zero attached hydrogens (tertiary/aromatic N) is 6. The summed E-state index contributed by atoms with van der Waals surface area (Å²) < 4.78 is 2.22. The number of benzene rings is 2. The molecule has 1 aliphatic heterocycles. The summed E-state index contributed by atoms with van der Waals surface area (Å²) in [4.78, 5) is 43.5. The SMILES string of the molecule is Cc1nc2ccccn2c1C(O)=C1C(=O)C(=O)N(c2nnc(SCc3ccccc3)s2)C1c1ccc([N+](=O)[O-])cc1. The van der Waals surface area contributed by atoms with Gasteiger partial charge in [0.1, 0.15) is 11.3 Å². The first-order valence-electron chi connectivity index (χ1n) is 12.3. The summed E-state index contributed by atoms with van der Waals surface area (Å²) in [7, 11) is 0. The molecule has 1 fully saturated rings. The van der Waals surface area contributed by atoms with Crippen LogP contribution in [0.5, 0.6) is 0 Å². The summed E-state index contributed by atoms with van der Waals surface area (Å²) in [5.74, 6) is -1.58. The number of nitro benzene ring substituents is 1. The first kappa shape index (κ1) is 26.3. The fourth-order valence-corrected chi connectivity index (χ4v) is 6.55. The van der Waals surface area contributed by atoms with Crippen LogP contribution in [0.3, 0.4) is 0 Å². The van der Waals surface area contributed by atoms with Crippen molar-refractivity contribution in [3.8, 4) is 0 Å². The van der Waals surface area contributed by atoms with Crippen LogP contribution in [-0.4, -0.2) is 41.3 Å². The Morgan fingerprint density at radius 1 is 1.05 bits per heavy atom. The number of carbonyl (C=O) groups is 2. The van der Waals surface area contributed by atoms with Crippen LogP contribution in [0.2, 0.25) is 0 Å². The van der Waals surface area contributed by atoms with Crippen molar-refractivity contribution < 1.29 is 19.6 Å². The Labute approximate surface area is 241 Å². The number of imidazole rings is 1. The van der Waals surface area contributed by atoms with E-state index < -0.39 is 28.4 Å². The maximum atomic E-state index is 13.6. The van der Waals surface area contributed by atoms with E-state index in [4.69, 9.17) is 0 Å². The number of nitro groups is 1. The number of amides is 1. The highest BCUT2D eigenvalue weighted by atomic mass is 32.2. The van der Waals surface area contributed by atoms with Gasteiger partial charge in [-0.2, -0.15) is 0 Å². The van der Waals surface area contributed by atoms with Crippen molar-refractivity contribution in [3.05, 3.63) is 117 Å². The van der Waals surface area contributed by atoms with E-state index in [9.17, 15) is 24.8 Å². The molecule has 3 aromatic heterocycles. The van der Waals surface area contributed by atoms with Gasteiger partial charge in [-0.25, -0.2) is 4.98 Å². The number of ketones is 1. The fraction of sp³-hybridized carbons (Fsp3) is 0.107. The van der Waals surface area contributed by atoms with Crippen molar-refractivity contribution in [1.82, 2.24) is 19.6 Å². The first-order valence-corrected chi connectivity index (χ1v) is 14.1. The molecule has 2 aromatic carbocycles. The summed E-state index contributed by atoms with van der Waals surface area (Å²) >= 11 is 2.58. The molecule has 1 aliphatic rings. The number of pyridine rings is 1. The molecule has 1 atom stereocenters. The lowest BCUT2D eigenvalue weighted by molar-refractivity contribution is -0.384. The number of aliphatic hydroxyl groups excluding tert-OH is 1. The molecule has 41 heavy (non-hydrogen) atoms. The first-order chi connectivity index (χ1) is 19.8. The monoisotopic (exact) mass is 584 g/mol. The summed E-state index contributed by atoms with van der Waals surface area (Å²) in [5, 5.41) is 31.5. The average Bonchev–Trinajstić information content (AvgIpc) is 3.66. The molecule has 1 N–H and O–H groups in total. The van der Waals surface area contributed by atoms with Crippen molar-refractivity contribution in [1.29, 1.82) is 0 Å². The smallest absolute Gasteiger partial charge is 0.301 e. The Morgan fingerprint density at radius 2 is 1.78 bits per heavy atom. The minimum atomic E-state index is -1.11. The van der Waals surface area contributed by atoms with Gasteiger partial charge in [0.2, 0.25) is 5.13 Å². The minimum absolute atomic E-state index is 0.154. The van der Waals surface area contributed by atoms with Crippen molar-refractivity contribution in [2.24, 2.45) is 0 Å². The Hall–Kier alpha value is -4.88. The zero-order chi connectivity index (χ0) is 28.7. The van der Waals surface area contributed by atoms with Crippen molar-refractivity contribution in [2.75, 3.05) is 4.90 Å². The Bertz CT molecular complexity index is 1850. The summed E-state index contributed by atoms with van der Waals surface area (Å²) in [5.41, 5.74) is 2.42. The predicted octanol–water partition coefficient (Wildman–Crippen LogP) is 5.32. The van der Waals surface area contributed by atoms with E-state index in [1.54, 1.807) is 35.7 Å². The van der Waals surface area contributed by atoms with Crippen LogP contribution in [0, 0.1) is 17.0 Å². The van der Waals surface area contributed by atoms with Crippen molar-refractivity contribution in [3.63, 3.8) is 0 Å². The van der Waals surface area contributed by atoms with Crippen LogP contribution in [0.25, 0.3) is 11.4 Å². The second kappa shape index (κ2) is 10.6. The molecular weight excluding hydrogens is 564 g/mol. The van der Waals surface area contributed by atoms with E-state index in [-0.39, 0.29) is 22.1 Å². The Kier molecular flexibility index (Phi) is 6.81. The summed E-state index contributed by atoms with van der Waals surface area (Å²) in [6.07, 6.45) is 1.70. The molecule has 13 heteroatoms. The molecule has 204 valence electrons. The molecule has 11 nitrogen and oxygen atoms in total. The number of rotatable bonds is 7. The van der Waals surface area contributed by atoms with Gasteiger partial charge in [-0.15, -0.1) is 10.2 Å². The van der Waals surface area contributed by atoms with Gasteiger partial charge in [0.15, 0.2) is 10.1 Å². The summed E-state index contributed by atoms with van der Waals surface area (Å²) in [6.45, 7) is 1.69. The highest BCUT2D eigenvalue weighted by Crippen LogP contribution is 2.44. The minimum Gasteiger partial charge on any atom is -0.505 e. The van der Waals surface area contributed by atoms with Gasteiger partial charge in [-0.05, 0) is 42.3 Å². The Balaban J connectivity index is 1.46. The third kappa shape index (κ3) is 4.74. The Morgan fingerprint density at radius 3 is 2.51 bits per heavy atom. The van der Waals surface area contributed by atoms with E-state index in [0.717, 1.165) is 16.9 Å². The molecule has 1 amide bonds. The lowest BCUT2D eigenvalue weighted by Gasteiger charge is -2.22. The number of thioether (sulfide) groups is 1. The van der Waals surface area contributed by atoms with Crippen LogP contribution in [0.1, 0.15) is 28.6 Å². The number of fused-ring (bicyclic) bond motifs is 1. The number of hydrogen-bond acceptors (Lipinski definition) is 10. The van der Waals surface area contributed by atoms with Gasteiger partial charge < -0.3 is 5.11 Å². The van der Waals surface area contributed by atoms with Crippen LogP contribution < -0.4 is 4.90 Å². The zero-order valence-corrected chi connectivity index (χ0v) is 23.0. The van der Waals surface area contributed by atoms with E-state index in [1.807, 2.05) is 30.3 Å². The molecule has 0 radical (unpaired) electrons. The highest BCUT2D eigenvalue weighted by Gasteiger charge is 2.49. The zero-order valence-electron chi connectivity index (χ0n) is 21.4. The molecule has 4 heterocycles. The molecule has 0 bridgehead atoms. The molecule has 0 spiro atoms. The van der Waals surface area contributed by atoms with Crippen LogP contribution >= 0.6 is 23.1 Å². The van der Waals surface area contributed by atoms with Gasteiger partial charge in [0, 0.05) is 24.1 Å². The van der Waals surface area contributed by atoms with Gasteiger partial charge >= 0.3 is 5.91 Å². The fourth-order valence-electron chi connectivity index (χ4n) is 4.73. The maximum Gasteiger partial charge on any atom is 0.301 e. The quantitative estimate of drug-likeness (QED) is 0.0511. The van der Waals surface area contributed by atoms with E-state index in [2.05, 4.69) is 15.2 Å². The number of aliphatic hydroxyl groups is 1. The molecule has 0 saturated carbocycles. The number of non-ortho nitro benzene ring substituents is 1. The van der Waals surface area contributed by atoms with E-state index in [1.165, 1.54) is 40.9 Å². The highest BCUT2D eigenvalue weighted by molar-refractivity contribution is 8.00. The topological polar surface area (TPSA) is 144 Å². The van der Waals surface area contributed by atoms with E-state index >= 15 is 0 Å². The predicted molar refractivity (Wildman–Crippen MR) is 154 cm³/mol.